The number of nitrogens with zero attached hydrogens (tertiary/aromatic N) is 2. The van der Waals surface area contributed by atoms with Crippen molar-refractivity contribution in [3.63, 3.8) is 0 Å². The molecule has 10 rings (SSSR count). The molecule has 1 aromatic heterocycles. The number of fused-ring (bicyclic) bond motifs is 4. The Hall–Kier alpha value is -7.04. The molecule has 0 spiro atoms. The van der Waals surface area contributed by atoms with Crippen LogP contribution in [0, 0.1) is 0 Å². The molecule has 0 fully saturated rings. The Morgan fingerprint density at radius 2 is 0.943 bits per heavy atom. The van der Waals surface area contributed by atoms with Gasteiger partial charge in [0.05, 0.1) is 0 Å². The second-order valence-electron chi connectivity index (χ2n) is 13.4. The number of nitrogens with one attached hydrogen (secondary N) is 1. The summed E-state index contributed by atoms with van der Waals surface area (Å²) in [5.74, 6) is 1.44. The first-order valence-electron chi connectivity index (χ1n) is 17.9. The van der Waals surface area contributed by atoms with Gasteiger partial charge in [-0.25, -0.2) is 9.98 Å². The zero-order valence-corrected chi connectivity index (χ0v) is 28.8. The molecule has 53 heavy (non-hydrogen) atoms. The molecule has 1 unspecified atom stereocenters. The Bertz CT molecular complexity index is 2830. The maximum Gasteiger partial charge on any atom is 0.159 e. The van der Waals surface area contributed by atoms with Crippen LogP contribution in [0.5, 0.6) is 0 Å². The highest BCUT2D eigenvalue weighted by Crippen LogP contribution is 2.40. The predicted octanol–water partition coefficient (Wildman–Crippen LogP) is 12.2. The third kappa shape index (κ3) is 5.58. The fourth-order valence-electron chi connectivity index (χ4n) is 7.57. The van der Waals surface area contributed by atoms with Crippen molar-refractivity contribution in [2.45, 2.75) is 6.17 Å². The van der Waals surface area contributed by atoms with Gasteiger partial charge in [-0.05, 0) is 61.8 Å². The van der Waals surface area contributed by atoms with Crippen LogP contribution in [0.25, 0.3) is 66.1 Å². The summed E-state index contributed by atoms with van der Waals surface area (Å²) in [6.45, 7) is 0. The standard InChI is InChI=1S/C49H33N3O/c1-3-12-32(13-4-1)33-24-30-38(31-25-33)48-50-47(37-15-5-2-6-16-37)51-49(52-48)42-21-11-23-44-46(42)45-41(20-10-22-43(45)53-44)36-28-26-35(27-29-36)40-19-9-17-34-14-7-8-18-39(34)40/h1-31,47H,(H,50,51,52). The molecule has 4 heteroatoms. The number of hydrogen-bond donors (Lipinski definition) is 1. The molecule has 1 N–H and O–H groups in total. The highest BCUT2D eigenvalue weighted by Gasteiger charge is 2.25. The lowest BCUT2D eigenvalue weighted by atomic mass is 9.94. The molecule has 0 saturated carbocycles. The van der Waals surface area contributed by atoms with Gasteiger partial charge in [0.15, 0.2) is 5.84 Å². The van der Waals surface area contributed by atoms with Gasteiger partial charge < -0.3 is 9.73 Å². The van der Waals surface area contributed by atoms with E-state index in [9.17, 15) is 0 Å². The summed E-state index contributed by atoms with van der Waals surface area (Å²) in [4.78, 5) is 10.4. The van der Waals surface area contributed by atoms with E-state index in [1.807, 2.05) is 24.3 Å². The maximum absolute atomic E-state index is 6.55. The van der Waals surface area contributed by atoms with Crippen LogP contribution in [-0.2, 0) is 0 Å². The number of benzene rings is 8. The molecule has 4 nitrogen and oxygen atoms in total. The van der Waals surface area contributed by atoms with Gasteiger partial charge in [-0.2, -0.15) is 0 Å². The van der Waals surface area contributed by atoms with E-state index in [0.717, 1.165) is 61.2 Å². The van der Waals surface area contributed by atoms with Gasteiger partial charge in [0.2, 0.25) is 0 Å². The summed E-state index contributed by atoms with van der Waals surface area (Å²) in [5.41, 5.74) is 11.6. The van der Waals surface area contributed by atoms with Crippen molar-refractivity contribution >= 4 is 44.4 Å². The molecular weight excluding hydrogens is 647 g/mol. The number of hydrogen-bond acceptors (Lipinski definition) is 4. The normalized spacial score (nSPS) is 14.2. The van der Waals surface area contributed by atoms with Crippen molar-refractivity contribution in [3.05, 3.63) is 205 Å². The van der Waals surface area contributed by atoms with Gasteiger partial charge in [0, 0.05) is 21.9 Å². The molecule has 0 aliphatic carbocycles. The summed E-state index contributed by atoms with van der Waals surface area (Å²) in [6, 6.07) is 65.7. The van der Waals surface area contributed by atoms with Crippen molar-refractivity contribution in [2.24, 2.45) is 9.98 Å². The van der Waals surface area contributed by atoms with Crippen LogP contribution in [-0.4, -0.2) is 11.7 Å². The van der Waals surface area contributed by atoms with Gasteiger partial charge >= 0.3 is 0 Å². The third-order valence-electron chi connectivity index (χ3n) is 10.2. The highest BCUT2D eigenvalue weighted by molar-refractivity contribution is 6.24. The molecule has 1 aliphatic heterocycles. The highest BCUT2D eigenvalue weighted by atomic mass is 16.3. The molecule has 2 heterocycles. The first kappa shape index (κ1) is 30.8. The molecule has 250 valence electrons. The van der Waals surface area contributed by atoms with Crippen LogP contribution in [0.15, 0.2) is 202 Å². The minimum atomic E-state index is -0.318. The molecule has 8 aromatic carbocycles. The molecule has 0 bridgehead atoms. The number of furan rings is 1. The van der Waals surface area contributed by atoms with Gasteiger partial charge in [-0.1, -0.05) is 176 Å². The fourth-order valence-corrected chi connectivity index (χ4v) is 7.57. The Labute approximate surface area is 307 Å². The van der Waals surface area contributed by atoms with Crippen molar-refractivity contribution in [1.29, 1.82) is 0 Å². The van der Waals surface area contributed by atoms with Crippen molar-refractivity contribution in [2.75, 3.05) is 0 Å². The summed E-state index contributed by atoms with van der Waals surface area (Å²) >= 11 is 0. The summed E-state index contributed by atoms with van der Waals surface area (Å²) in [6.07, 6.45) is -0.318. The van der Waals surface area contributed by atoms with E-state index in [1.54, 1.807) is 0 Å². The quantitative estimate of drug-likeness (QED) is 0.190. The summed E-state index contributed by atoms with van der Waals surface area (Å²) < 4.78 is 6.55. The lowest BCUT2D eigenvalue weighted by molar-refractivity contribution is 0.668. The van der Waals surface area contributed by atoms with Crippen LogP contribution in [0.2, 0.25) is 0 Å². The molecule has 0 amide bonds. The Morgan fingerprint density at radius 1 is 0.415 bits per heavy atom. The molecule has 1 aliphatic rings. The van der Waals surface area contributed by atoms with Crippen molar-refractivity contribution in [3.8, 4) is 33.4 Å². The second-order valence-corrected chi connectivity index (χ2v) is 13.4. The lowest BCUT2D eigenvalue weighted by Gasteiger charge is -2.24. The second kappa shape index (κ2) is 12.9. The fraction of sp³-hybridized carbons (Fsp3) is 0.0204. The third-order valence-corrected chi connectivity index (χ3v) is 10.2. The van der Waals surface area contributed by atoms with E-state index in [2.05, 4.69) is 169 Å². The van der Waals surface area contributed by atoms with Gasteiger partial charge in [-0.15, -0.1) is 0 Å². The van der Waals surface area contributed by atoms with E-state index in [-0.39, 0.29) is 6.17 Å². The van der Waals surface area contributed by atoms with Crippen LogP contribution < -0.4 is 5.32 Å². The molecule has 0 radical (unpaired) electrons. The molecule has 9 aromatic rings. The topological polar surface area (TPSA) is 49.9 Å². The number of amidine groups is 2. The number of aliphatic imine (C=N–C) groups is 2. The largest absolute Gasteiger partial charge is 0.456 e. The first-order chi connectivity index (χ1) is 26.3. The van der Waals surface area contributed by atoms with E-state index in [1.165, 1.54) is 27.5 Å². The lowest BCUT2D eigenvalue weighted by Crippen LogP contribution is -2.33. The Balaban J connectivity index is 1.09. The average molecular weight is 680 g/mol. The van der Waals surface area contributed by atoms with E-state index in [0.29, 0.717) is 5.84 Å². The molecular formula is C49H33N3O. The summed E-state index contributed by atoms with van der Waals surface area (Å²) in [7, 11) is 0. The molecule has 0 saturated heterocycles. The average Bonchev–Trinajstić information content (AvgIpc) is 3.63. The smallest absolute Gasteiger partial charge is 0.159 e. The Kier molecular flexibility index (Phi) is 7.51. The van der Waals surface area contributed by atoms with Crippen LogP contribution >= 0.6 is 0 Å². The zero-order valence-electron chi connectivity index (χ0n) is 28.8. The van der Waals surface area contributed by atoms with E-state index >= 15 is 0 Å². The van der Waals surface area contributed by atoms with Crippen molar-refractivity contribution < 1.29 is 4.42 Å². The minimum absolute atomic E-state index is 0.318. The minimum Gasteiger partial charge on any atom is -0.456 e. The SMILES string of the molecule is c1ccc(-c2ccc(C3=NC(c4ccccc4)NC(c4cccc5oc6cccc(-c7ccc(-c8cccc9ccccc89)cc7)c6c45)=N3)cc2)cc1. The first-order valence-corrected chi connectivity index (χ1v) is 17.9. The van der Waals surface area contributed by atoms with Crippen LogP contribution in [0.4, 0.5) is 0 Å². The van der Waals surface area contributed by atoms with Crippen LogP contribution in [0.1, 0.15) is 22.9 Å². The summed E-state index contributed by atoms with van der Waals surface area (Å²) in [5, 5.41) is 8.26. The maximum atomic E-state index is 6.55. The predicted molar refractivity (Wildman–Crippen MR) is 219 cm³/mol. The Morgan fingerprint density at radius 3 is 1.70 bits per heavy atom. The van der Waals surface area contributed by atoms with Crippen LogP contribution in [0.3, 0.4) is 0 Å². The van der Waals surface area contributed by atoms with Gasteiger partial charge in [0.25, 0.3) is 0 Å². The monoisotopic (exact) mass is 679 g/mol. The van der Waals surface area contributed by atoms with Crippen molar-refractivity contribution in [1.82, 2.24) is 5.32 Å². The van der Waals surface area contributed by atoms with E-state index < -0.39 is 0 Å². The molecule has 1 atom stereocenters. The van der Waals surface area contributed by atoms with E-state index in [4.69, 9.17) is 14.4 Å². The zero-order chi connectivity index (χ0) is 35.1. The van der Waals surface area contributed by atoms with Gasteiger partial charge in [0.1, 0.15) is 23.2 Å². The number of rotatable bonds is 6. The van der Waals surface area contributed by atoms with Gasteiger partial charge in [-0.3, -0.25) is 0 Å².